The lowest BCUT2D eigenvalue weighted by Gasteiger charge is -2.45. The third-order valence-corrected chi connectivity index (χ3v) is 6.47. The van der Waals surface area contributed by atoms with Gasteiger partial charge in [0.15, 0.2) is 11.5 Å². The number of carbonyl (C=O) groups excluding carboxylic acids is 1. The SMILES string of the molecule is [2H]C([2H])Oc1ccc(-c2ccc3c(c2)COC3=O)c(OC(C(C)C)C2(C(=O)O)CCC2)c1OC. The number of benzene rings is 2. The maximum atomic E-state index is 12.3. The summed E-state index contributed by atoms with van der Waals surface area (Å²) in [4.78, 5) is 24.2. The number of fused-ring (bicyclic) bond motifs is 1. The van der Waals surface area contributed by atoms with Crippen LogP contribution in [-0.2, 0) is 16.1 Å². The zero-order chi connectivity index (χ0) is 24.6. The van der Waals surface area contributed by atoms with Gasteiger partial charge in [-0.3, -0.25) is 4.79 Å². The second-order valence-electron chi connectivity index (χ2n) is 8.64. The Morgan fingerprint density at radius 1 is 1.16 bits per heavy atom. The second-order valence-corrected chi connectivity index (χ2v) is 8.64. The molecular weight excluding hydrogens is 412 g/mol. The van der Waals surface area contributed by atoms with Crippen LogP contribution in [0.4, 0.5) is 0 Å². The van der Waals surface area contributed by atoms with Crippen molar-refractivity contribution in [2.75, 3.05) is 14.2 Å². The lowest BCUT2D eigenvalue weighted by Crippen LogP contribution is -2.52. The van der Waals surface area contributed by atoms with Crippen molar-refractivity contribution in [2.24, 2.45) is 11.3 Å². The predicted molar refractivity (Wildman–Crippen MR) is 117 cm³/mol. The molecule has 32 heavy (non-hydrogen) atoms. The van der Waals surface area contributed by atoms with Gasteiger partial charge in [0.25, 0.3) is 0 Å². The highest BCUT2D eigenvalue weighted by atomic mass is 16.5. The Hall–Kier alpha value is -3.22. The first-order valence-electron chi connectivity index (χ1n) is 11.8. The molecule has 2 aromatic rings. The number of aliphatic carboxylic acids is 1. The summed E-state index contributed by atoms with van der Waals surface area (Å²) in [5, 5.41) is 10.1. The summed E-state index contributed by atoms with van der Waals surface area (Å²) in [7, 11) is -0.161. The molecule has 0 aromatic heterocycles. The van der Waals surface area contributed by atoms with Gasteiger partial charge >= 0.3 is 11.9 Å². The Kier molecular flexibility index (Phi) is 5.09. The Balaban J connectivity index is 1.86. The van der Waals surface area contributed by atoms with E-state index < -0.39 is 24.6 Å². The molecule has 7 nitrogen and oxygen atoms in total. The summed E-state index contributed by atoms with van der Waals surface area (Å²) in [6.07, 6.45) is 1.19. The van der Waals surface area contributed by atoms with Crippen LogP contribution >= 0.6 is 0 Å². The zero-order valence-electron chi connectivity index (χ0n) is 20.3. The molecule has 0 spiro atoms. The molecule has 1 heterocycles. The molecule has 1 unspecified atom stereocenters. The number of hydrogen-bond donors (Lipinski definition) is 1. The van der Waals surface area contributed by atoms with Gasteiger partial charge in [-0.05, 0) is 48.6 Å². The lowest BCUT2D eigenvalue weighted by atomic mass is 9.62. The largest absolute Gasteiger partial charge is 0.493 e. The summed E-state index contributed by atoms with van der Waals surface area (Å²) in [5.74, 6) is -0.779. The smallest absolute Gasteiger partial charge is 0.338 e. The van der Waals surface area contributed by atoms with Crippen molar-refractivity contribution in [3.05, 3.63) is 41.5 Å². The third-order valence-electron chi connectivity index (χ3n) is 6.47. The Morgan fingerprint density at radius 3 is 2.50 bits per heavy atom. The van der Waals surface area contributed by atoms with Crippen LogP contribution in [-0.4, -0.2) is 37.3 Å². The standard InChI is InChI=1S/C25H28O7/c1-14(2)22(25(24(27)28)10-5-11-25)32-20-17(8-9-19(29-3)21(20)30-4)15-6-7-18-16(12-15)13-31-23(18)26/h6-9,12,14,22H,5,10-11,13H2,1-4H3,(H,27,28)/i3D2. The van der Waals surface area contributed by atoms with E-state index in [1.165, 1.54) is 7.11 Å². The molecule has 4 rings (SSSR count). The molecule has 0 bridgehead atoms. The van der Waals surface area contributed by atoms with Crippen LogP contribution in [0.15, 0.2) is 30.3 Å². The number of carbonyl (C=O) groups is 2. The van der Waals surface area contributed by atoms with E-state index in [0.717, 1.165) is 17.5 Å². The van der Waals surface area contributed by atoms with Crippen molar-refractivity contribution in [3.63, 3.8) is 0 Å². The number of rotatable bonds is 8. The van der Waals surface area contributed by atoms with Crippen LogP contribution in [0.25, 0.3) is 11.1 Å². The molecule has 1 N–H and O–H groups in total. The first-order chi connectivity index (χ1) is 16.2. The first kappa shape index (κ1) is 19.5. The van der Waals surface area contributed by atoms with Crippen molar-refractivity contribution < 1.29 is 36.4 Å². The Bertz CT molecular complexity index is 1110. The molecule has 170 valence electrons. The van der Waals surface area contributed by atoms with Crippen LogP contribution in [0, 0.1) is 11.3 Å². The Morgan fingerprint density at radius 2 is 1.91 bits per heavy atom. The summed E-state index contributed by atoms with van der Waals surface area (Å²) < 4.78 is 37.6. The van der Waals surface area contributed by atoms with E-state index in [2.05, 4.69) is 0 Å². The van der Waals surface area contributed by atoms with E-state index >= 15 is 0 Å². The quantitative estimate of drug-likeness (QED) is 0.593. The van der Waals surface area contributed by atoms with Gasteiger partial charge in [-0.25, -0.2) is 4.79 Å². The zero-order valence-corrected chi connectivity index (χ0v) is 18.3. The normalized spacial score (nSPS) is 18.2. The van der Waals surface area contributed by atoms with Crippen molar-refractivity contribution in [3.8, 4) is 28.4 Å². The molecule has 1 aliphatic heterocycles. The summed E-state index contributed by atoms with van der Waals surface area (Å²) in [6, 6.07) is 8.61. The maximum absolute atomic E-state index is 12.3. The molecular formula is C25H28O7. The number of methoxy groups -OCH3 is 2. The molecule has 1 saturated carbocycles. The predicted octanol–water partition coefficient (Wildman–Crippen LogP) is 4.70. The molecule has 1 fully saturated rings. The summed E-state index contributed by atoms with van der Waals surface area (Å²) in [5.41, 5.74) is 1.57. The highest BCUT2D eigenvalue weighted by molar-refractivity contribution is 5.94. The Labute approximate surface area is 190 Å². The van der Waals surface area contributed by atoms with E-state index in [1.54, 1.807) is 24.3 Å². The molecule has 0 amide bonds. The molecule has 7 heteroatoms. The summed E-state index contributed by atoms with van der Waals surface area (Å²) in [6.45, 7) is 4.01. The van der Waals surface area contributed by atoms with E-state index in [4.69, 9.17) is 21.7 Å². The van der Waals surface area contributed by atoms with Gasteiger partial charge in [-0.2, -0.15) is 0 Å². The van der Waals surface area contributed by atoms with Crippen LogP contribution in [0.5, 0.6) is 17.2 Å². The number of hydrogen-bond acceptors (Lipinski definition) is 6. The highest BCUT2D eigenvalue weighted by Crippen LogP contribution is 2.51. The van der Waals surface area contributed by atoms with Crippen LogP contribution in [0.1, 0.15) is 51.8 Å². The number of ether oxygens (including phenoxy) is 4. The fourth-order valence-electron chi connectivity index (χ4n) is 4.67. The maximum Gasteiger partial charge on any atom is 0.338 e. The van der Waals surface area contributed by atoms with Crippen LogP contribution in [0.3, 0.4) is 0 Å². The molecule has 2 aromatic carbocycles. The van der Waals surface area contributed by atoms with Gasteiger partial charge in [0.1, 0.15) is 18.1 Å². The van der Waals surface area contributed by atoms with E-state index in [-0.39, 0.29) is 35.7 Å². The number of carboxylic acid groups (broad SMARTS) is 1. The van der Waals surface area contributed by atoms with Gasteiger partial charge in [-0.15, -0.1) is 0 Å². The van der Waals surface area contributed by atoms with Gasteiger partial charge in [0, 0.05) is 11.1 Å². The average Bonchev–Trinajstić information content (AvgIpc) is 3.11. The number of cyclic esters (lactones) is 1. The molecule has 1 aliphatic carbocycles. The second kappa shape index (κ2) is 8.37. The fraction of sp³-hybridized carbons (Fsp3) is 0.440. The minimum atomic E-state index is -1.59. The van der Waals surface area contributed by atoms with E-state index in [9.17, 15) is 14.7 Å². The molecule has 2 aliphatic rings. The fourth-order valence-corrected chi connectivity index (χ4v) is 4.67. The van der Waals surface area contributed by atoms with Crippen molar-refractivity contribution in [1.82, 2.24) is 0 Å². The van der Waals surface area contributed by atoms with Crippen LogP contribution < -0.4 is 14.2 Å². The monoisotopic (exact) mass is 442 g/mol. The van der Waals surface area contributed by atoms with E-state index in [1.807, 2.05) is 19.9 Å². The van der Waals surface area contributed by atoms with Gasteiger partial charge in [0.2, 0.25) is 5.75 Å². The van der Waals surface area contributed by atoms with Crippen molar-refractivity contribution >= 4 is 11.9 Å². The van der Waals surface area contributed by atoms with Gasteiger partial charge < -0.3 is 24.1 Å². The van der Waals surface area contributed by atoms with Crippen molar-refractivity contribution in [2.45, 2.75) is 45.8 Å². The molecule has 1 atom stereocenters. The molecule has 0 saturated heterocycles. The number of esters is 1. The van der Waals surface area contributed by atoms with Crippen molar-refractivity contribution in [1.29, 1.82) is 0 Å². The van der Waals surface area contributed by atoms with Crippen LogP contribution in [0.2, 0.25) is 0 Å². The van der Waals surface area contributed by atoms with Gasteiger partial charge in [0.05, 0.1) is 22.5 Å². The van der Waals surface area contributed by atoms with E-state index in [0.29, 0.717) is 24.0 Å². The third kappa shape index (κ3) is 3.45. The highest BCUT2D eigenvalue weighted by Gasteiger charge is 2.53. The topological polar surface area (TPSA) is 91.3 Å². The minimum Gasteiger partial charge on any atom is -0.493 e. The lowest BCUT2D eigenvalue weighted by molar-refractivity contribution is -0.166. The average molecular weight is 443 g/mol. The first-order valence-corrected chi connectivity index (χ1v) is 10.6. The summed E-state index contributed by atoms with van der Waals surface area (Å²) >= 11 is 0. The molecule has 0 radical (unpaired) electrons. The number of carboxylic acids is 1. The van der Waals surface area contributed by atoms with Gasteiger partial charge in [-0.1, -0.05) is 26.3 Å². The minimum absolute atomic E-state index is 0.121.